The number of alkyl halides is 5. The molecular formula is C12H11Cl7O2. The van der Waals surface area contributed by atoms with Gasteiger partial charge in [-0.2, -0.15) is 0 Å². The van der Waals surface area contributed by atoms with Crippen LogP contribution in [0.3, 0.4) is 0 Å². The average Bonchev–Trinajstić information content (AvgIpc) is 2.65. The molecule has 21 heavy (non-hydrogen) atoms. The van der Waals surface area contributed by atoms with Crippen molar-refractivity contribution in [1.82, 2.24) is 0 Å². The van der Waals surface area contributed by atoms with E-state index in [0.717, 1.165) is 6.42 Å². The first kappa shape index (κ1) is 18.6. The second kappa shape index (κ2) is 6.27. The second-order valence-electron chi connectivity index (χ2n) is 5.04. The first-order valence-corrected chi connectivity index (χ1v) is 8.99. The third-order valence-electron chi connectivity index (χ3n) is 3.84. The maximum Gasteiger partial charge on any atom is 0.311 e. The molecule has 0 saturated heterocycles. The van der Waals surface area contributed by atoms with Crippen LogP contribution in [0.2, 0.25) is 0 Å². The molecule has 0 aliphatic heterocycles. The van der Waals surface area contributed by atoms with Crippen molar-refractivity contribution in [3.05, 3.63) is 10.1 Å². The second-order valence-corrected chi connectivity index (χ2v) is 8.74. The van der Waals surface area contributed by atoms with Crippen LogP contribution in [0.25, 0.3) is 0 Å². The van der Waals surface area contributed by atoms with Crippen molar-refractivity contribution in [3.8, 4) is 0 Å². The molecule has 0 radical (unpaired) electrons. The van der Waals surface area contributed by atoms with Crippen LogP contribution < -0.4 is 0 Å². The molecule has 2 nitrogen and oxygen atoms in total. The highest BCUT2D eigenvalue weighted by atomic mass is 35.5. The fourth-order valence-electron chi connectivity index (χ4n) is 2.62. The Hall–Kier alpha value is 1.24. The number of unbranched alkanes of at least 4 members (excludes halogenated alkanes) is 1. The minimum absolute atomic E-state index is 0.000193. The molecule has 0 N–H and O–H groups in total. The minimum atomic E-state index is -1.70. The van der Waals surface area contributed by atoms with E-state index in [-0.39, 0.29) is 23.1 Å². The van der Waals surface area contributed by atoms with Gasteiger partial charge in [0.15, 0.2) is 4.33 Å². The van der Waals surface area contributed by atoms with Crippen molar-refractivity contribution in [1.29, 1.82) is 0 Å². The molecule has 2 rings (SSSR count). The highest BCUT2D eigenvalue weighted by molar-refractivity contribution is 6.66. The molecule has 3 atom stereocenters. The third-order valence-corrected chi connectivity index (χ3v) is 8.38. The Morgan fingerprint density at radius 2 is 1.76 bits per heavy atom. The summed E-state index contributed by atoms with van der Waals surface area (Å²) >= 11 is 43.2. The van der Waals surface area contributed by atoms with E-state index in [1.807, 2.05) is 0 Å². The van der Waals surface area contributed by atoms with Crippen LogP contribution in [0.15, 0.2) is 10.1 Å². The number of carbonyl (C=O) groups excluding carboxylic acids is 1. The van der Waals surface area contributed by atoms with Gasteiger partial charge < -0.3 is 4.74 Å². The number of carbonyl (C=O) groups is 1. The standard InChI is InChI=1S/C12H11Cl7O2/c13-3-1-2-4-21-9(20)6-5-10(16)7(14)8(15)11(6,17)12(10,18)19/h6H,1-5H2. The van der Waals surface area contributed by atoms with E-state index in [4.69, 9.17) is 85.9 Å². The molecule has 0 heterocycles. The maximum absolute atomic E-state index is 12.2. The Morgan fingerprint density at radius 1 is 1.14 bits per heavy atom. The Bertz CT molecular complexity index is 492. The molecule has 0 aromatic rings. The number of rotatable bonds is 5. The number of ether oxygens (including phenoxy) is 1. The van der Waals surface area contributed by atoms with Crippen LogP contribution in [0, 0.1) is 5.92 Å². The van der Waals surface area contributed by atoms with Gasteiger partial charge in [-0.3, -0.25) is 4.79 Å². The van der Waals surface area contributed by atoms with Crippen LogP contribution in [0.1, 0.15) is 19.3 Å². The van der Waals surface area contributed by atoms with Crippen molar-refractivity contribution in [2.75, 3.05) is 12.5 Å². The van der Waals surface area contributed by atoms with Crippen molar-refractivity contribution >= 4 is 87.2 Å². The fraction of sp³-hybridized carbons (Fsp3) is 0.750. The van der Waals surface area contributed by atoms with E-state index in [2.05, 4.69) is 0 Å². The molecule has 1 fully saturated rings. The fourth-order valence-corrected chi connectivity index (χ4v) is 5.57. The minimum Gasteiger partial charge on any atom is -0.465 e. The van der Waals surface area contributed by atoms with Gasteiger partial charge in [-0.15, -0.1) is 34.8 Å². The zero-order valence-electron chi connectivity index (χ0n) is 10.6. The smallest absolute Gasteiger partial charge is 0.311 e. The number of halogens is 7. The predicted octanol–water partition coefficient (Wildman–Crippen LogP) is 5.40. The lowest BCUT2D eigenvalue weighted by molar-refractivity contribution is -0.149. The van der Waals surface area contributed by atoms with Gasteiger partial charge in [-0.1, -0.05) is 46.4 Å². The normalized spacial score (nSPS) is 37.2. The van der Waals surface area contributed by atoms with Gasteiger partial charge >= 0.3 is 5.97 Å². The maximum atomic E-state index is 12.2. The molecule has 0 amide bonds. The summed E-state index contributed by atoms with van der Waals surface area (Å²) in [6, 6.07) is 0. The van der Waals surface area contributed by atoms with Gasteiger partial charge in [0.05, 0.1) is 22.6 Å². The van der Waals surface area contributed by atoms with Gasteiger partial charge in [-0.25, -0.2) is 0 Å². The number of esters is 1. The molecule has 2 aliphatic rings. The summed E-state index contributed by atoms with van der Waals surface area (Å²) in [6.07, 6.45) is 1.46. The quantitative estimate of drug-likeness (QED) is 0.328. The summed E-state index contributed by atoms with van der Waals surface area (Å²) < 4.78 is 3.49. The predicted molar refractivity (Wildman–Crippen MR) is 89.4 cm³/mol. The van der Waals surface area contributed by atoms with Crippen molar-refractivity contribution in [2.24, 2.45) is 5.92 Å². The van der Waals surface area contributed by atoms with E-state index in [1.54, 1.807) is 0 Å². The largest absolute Gasteiger partial charge is 0.465 e. The van der Waals surface area contributed by atoms with Gasteiger partial charge in [0.25, 0.3) is 0 Å². The number of hydrogen-bond acceptors (Lipinski definition) is 2. The lowest BCUT2D eigenvalue weighted by Crippen LogP contribution is -2.46. The Kier molecular flexibility index (Phi) is 5.55. The first-order valence-electron chi connectivity index (χ1n) is 6.19. The Morgan fingerprint density at radius 3 is 2.24 bits per heavy atom. The summed E-state index contributed by atoms with van der Waals surface area (Å²) in [7, 11) is 0. The van der Waals surface area contributed by atoms with Crippen LogP contribution in [-0.4, -0.2) is 32.5 Å². The lowest BCUT2D eigenvalue weighted by Gasteiger charge is -2.32. The molecule has 9 heteroatoms. The van der Waals surface area contributed by atoms with E-state index in [1.165, 1.54) is 0 Å². The highest BCUT2D eigenvalue weighted by Crippen LogP contribution is 2.74. The molecule has 0 aromatic carbocycles. The molecule has 3 unspecified atom stereocenters. The zero-order valence-corrected chi connectivity index (χ0v) is 15.9. The molecule has 1 saturated carbocycles. The van der Waals surface area contributed by atoms with E-state index in [9.17, 15) is 4.79 Å². The van der Waals surface area contributed by atoms with Crippen LogP contribution in [-0.2, 0) is 9.53 Å². The van der Waals surface area contributed by atoms with E-state index < -0.39 is 26.0 Å². The van der Waals surface area contributed by atoms with Crippen molar-refractivity contribution in [3.63, 3.8) is 0 Å². The molecule has 0 aromatic heterocycles. The first-order chi connectivity index (χ1) is 9.64. The van der Waals surface area contributed by atoms with Gasteiger partial charge in [-0.05, 0) is 19.3 Å². The van der Waals surface area contributed by atoms with Crippen molar-refractivity contribution in [2.45, 2.75) is 33.3 Å². The molecule has 2 aliphatic carbocycles. The summed E-state index contributed by atoms with van der Waals surface area (Å²) in [5.74, 6) is -0.908. The third kappa shape index (κ3) is 2.49. The molecular weight excluding hydrogens is 424 g/mol. The molecule has 120 valence electrons. The van der Waals surface area contributed by atoms with Gasteiger partial charge in [0, 0.05) is 5.88 Å². The van der Waals surface area contributed by atoms with Crippen LogP contribution in [0.5, 0.6) is 0 Å². The SMILES string of the molecule is O=C(OCCCCCl)C1CC2(Cl)C(Cl)=C(Cl)C1(Cl)C2(Cl)Cl. The number of allylic oxidation sites excluding steroid dienone is 2. The summed E-state index contributed by atoms with van der Waals surface area (Å²) in [6.45, 7) is 0.233. The topological polar surface area (TPSA) is 26.3 Å². The summed E-state index contributed by atoms with van der Waals surface area (Å²) in [5, 5.41) is 0.0804. The lowest BCUT2D eigenvalue weighted by atomic mass is 9.92. The molecule has 2 bridgehead atoms. The van der Waals surface area contributed by atoms with Crippen molar-refractivity contribution < 1.29 is 9.53 Å². The van der Waals surface area contributed by atoms with Gasteiger partial charge in [0.1, 0.15) is 9.75 Å². The molecule has 0 spiro atoms. The van der Waals surface area contributed by atoms with Gasteiger partial charge in [0.2, 0.25) is 0 Å². The monoisotopic (exact) mass is 432 g/mol. The number of hydrogen-bond donors (Lipinski definition) is 0. The average molecular weight is 435 g/mol. The number of fused-ring (bicyclic) bond motifs is 2. The van der Waals surface area contributed by atoms with E-state index in [0.29, 0.717) is 12.3 Å². The Balaban J connectivity index is 2.20. The summed E-state index contributed by atoms with van der Waals surface area (Å²) in [4.78, 5) is 9.27. The highest BCUT2D eigenvalue weighted by Gasteiger charge is 2.80. The van der Waals surface area contributed by atoms with E-state index >= 15 is 0 Å². The Labute approximate surface area is 157 Å². The zero-order chi connectivity index (χ0) is 16.1. The van der Waals surface area contributed by atoms with Crippen LogP contribution >= 0.6 is 81.2 Å². The summed E-state index contributed by atoms with van der Waals surface area (Å²) in [5.41, 5.74) is 0. The van der Waals surface area contributed by atoms with Crippen LogP contribution in [0.4, 0.5) is 0 Å².